The Morgan fingerprint density at radius 1 is 0.746 bits per heavy atom. The molecule has 338 valence electrons. The van der Waals surface area contributed by atoms with E-state index in [9.17, 15) is 21.6 Å². The average molecular weight is 961 g/mol. The van der Waals surface area contributed by atoms with E-state index in [1.54, 1.807) is 65.6 Å². The van der Waals surface area contributed by atoms with Crippen LogP contribution in [0.3, 0.4) is 0 Å². The predicted octanol–water partition coefficient (Wildman–Crippen LogP) is 9.04. The highest BCUT2D eigenvalue weighted by Gasteiger charge is 2.53. The Hall–Kier alpha value is -3.54. The van der Waals surface area contributed by atoms with Gasteiger partial charge < -0.3 is 9.80 Å². The topological polar surface area (TPSA) is 110 Å². The molecule has 2 fully saturated rings. The van der Waals surface area contributed by atoms with Crippen molar-refractivity contribution in [3.63, 3.8) is 0 Å². The molecule has 1 N–H and O–H groups in total. The minimum Gasteiger partial charge on any atom is -0.369 e. The maximum atomic E-state index is 15.1. The number of sulfone groups is 1. The summed E-state index contributed by atoms with van der Waals surface area (Å²) in [5.41, 5.74) is 5.02. The summed E-state index contributed by atoms with van der Waals surface area (Å²) in [7, 11) is -10.1. The molecule has 4 aromatic carbocycles. The molecule has 2 saturated heterocycles. The van der Waals surface area contributed by atoms with Crippen LogP contribution in [0.15, 0.2) is 125 Å². The van der Waals surface area contributed by atoms with Gasteiger partial charge in [0.05, 0.1) is 10.9 Å². The Bertz CT molecular complexity index is 2400. The molecule has 0 saturated carbocycles. The summed E-state index contributed by atoms with van der Waals surface area (Å²) in [6.45, 7) is 4.51. The molecule has 0 spiro atoms. The van der Waals surface area contributed by atoms with Crippen LogP contribution in [-0.4, -0.2) is 112 Å². The first-order chi connectivity index (χ1) is 30.2. The van der Waals surface area contributed by atoms with Gasteiger partial charge in [0.25, 0.3) is 15.9 Å². The number of allylic oxidation sites excluding steroid dienone is 1. The Labute approximate surface area is 384 Å². The highest BCUT2D eigenvalue weighted by Crippen LogP contribution is 2.36. The lowest BCUT2D eigenvalue weighted by Crippen LogP contribution is -2.61. The highest BCUT2D eigenvalue weighted by molar-refractivity contribution is 7.99. The zero-order chi connectivity index (χ0) is 44.6. The van der Waals surface area contributed by atoms with Gasteiger partial charge in [-0.2, -0.15) is 8.78 Å². The van der Waals surface area contributed by atoms with E-state index in [1.165, 1.54) is 60.2 Å². The maximum Gasteiger partial charge on any atom is 0.423 e. The van der Waals surface area contributed by atoms with Gasteiger partial charge in [0.15, 0.2) is 0 Å². The molecule has 1 unspecified atom stereocenters. The Morgan fingerprint density at radius 2 is 1.37 bits per heavy atom. The van der Waals surface area contributed by atoms with Crippen LogP contribution in [-0.2, 0) is 19.9 Å². The fourth-order valence-electron chi connectivity index (χ4n) is 8.61. The molecule has 63 heavy (non-hydrogen) atoms. The van der Waals surface area contributed by atoms with E-state index in [2.05, 4.69) is 26.8 Å². The van der Waals surface area contributed by atoms with Crippen molar-refractivity contribution in [2.75, 3.05) is 63.0 Å². The van der Waals surface area contributed by atoms with Crippen LogP contribution in [0.1, 0.15) is 60.9 Å². The van der Waals surface area contributed by atoms with Gasteiger partial charge in [0.1, 0.15) is 5.25 Å². The molecule has 10 nitrogen and oxygen atoms in total. The van der Waals surface area contributed by atoms with Gasteiger partial charge in [-0.3, -0.25) is 14.7 Å². The number of nitrogens with one attached hydrogen (secondary N) is 1. The van der Waals surface area contributed by atoms with Crippen molar-refractivity contribution >= 4 is 72.0 Å². The Kier molecular flexibility index (Phi) is 15.9. The van der Waals surface area contributed by atoms with Crippen molar-refractivity contribution in [2.45, 2.75) is 70.7 Å². The van der Waals surface area contributed by atoms with Crippen molar-refractivity contribution in [3.05, 3.63) is 131 Å². The summed E-state index contributed by atoms with van der Waals surface area (Å²) in [5, 5.41) is -0.553. The van der Waals surface area contributed by atoms with Gasteiger partial charge in [-0.15, -0.1) is 16.6 Å². The van der Waals surface area contributed by atoms with Crippen molar-refractivity contribution in [1.29, 1.82) is 0 Å². The number of carbonyl (C=O) groups is 1. The van der Waals surface area contributed by atoms with Crippen molar-refractivity contribution in [3.8, 4) is 0 Å². The minimum absolute atomic E-state index is 0.0350. The van der Waals surface area contributed by atoms with Crippen LogP contribution in [0, 0.1) is 0 Å². The van der Waals surface area contributed by atoms with E-state index >= 15 is 8.78 Å². The largest absolute Gasteiger partial charge is 0.423 e. The molecule has 0 bridgehead atoms. The molecule has 3 aliphatic rings. The normalized spacial score (nSPS) is 18.3. The Balaban J connectivity index is 1.16. The molecule has 17 heteroatoms. The second kappa shape index (κ2) is 21.2. The van der Waals surface area contributed by atoms with Crippen molar-refractivity contribution in [2.24, 2.45) is 0 Å². The number of halogens is 4. The van der Waals surface area contributed by atoms with E-state index in [0.29, 0.717) is 23.0 Å². The quantitative estimate of drug-likeness (QED) is 0.0630. The van der Waals surface area contributed by atoms with Gasteiger partial charge in [-0.25, -0.2) is 16.8 Å². The molecular weight excluding hydrogens is 908 g/mol. The van der Waals surface area contributed by atoms with Crippen LogP contribution in [0.25, 0.3) is 5.57 Å². The SMILES string of the molecule is O=C(c1ccc(N2CCN(CC3=C(c4ccc(Cl)cc4)CCCCC3)CC2)cc1)N(NS(=O)(=O)c1ccccc1)[C@H](CSc1ccccc1)C(CN1CCCC1)S(=O)(=O)C(F)(F)Cl. The summed E-state index contributed by atoms with van der Waals surface area (Å²) in [5.74, 6) is -1.17. The highest BCUT2D eigenvalue weighted by atomic mass is 35.5. The maximum absolute atomic E-state index is 15.1. The number of rotatable bonds is 17. The number of alkyl halides is 3. The summed E-state index contributed by atoms with van der Waals surface area (Å²) in [6, 6.07) is 29.3. The molecule has 0 radical (unpaired) electrons. The van der Waals surface area contributed by atoms with E-state index in [4.69, 9.17) is 23.2 Å². The van der Waals surface area contributed by atoms with Crippen LogP contribution < -0.4 is 9.73 Å². The second-order valence-corrected chi connectivity index (χ2v) is 22.4. The van der Waals surface area contributed by atoms with E-state index < -0.39 is 48.3 Å². The number of hydrogen-bond donors (Lipinski definition) is 1. The first kappa shape index (κ1) is 47.4. The summed E-state index contributed by atoms with van der Waals surface area (Å²) in [6.07, 6.45) is 7.11. The molecule has 7 rings (SSSR count). The number of likely N-dealkylation sites (tertiary alicyclic amines) is 1. The third kappa shape index (κ3) is 12.0. The summed E-state index contributed by atoms with van der Waals surface area (Å²) < 4.78 is 81.4. The van der Waals surface area contributed by atoms with Crippen LogP contribution in [0.4, 0.5) is 14.5 Å². The van der Waals surface area contributed by atoms with Gasteiger partial charge in [-0.1, -0.05) is 72.1 Å². The standard InChI is InChI=1S/C46H53Cl2F2N5O5S3/c47-38-22-18-35(19-23-38)42-17-9-1-4-12-37(42)32-53-28-30-54(31-29-53)39-24-20-36(21-25-39)45(56)55(51-63(59,60)41-15-7-3-8-16-41)43(34-61-40-13-5-2-6-14-40)44(33-52-26-10-11-27-52)62(57,58)46(48,49)50/h2-3,5-8,13-16,18-25,43-44,51H,1,4,9-12,17,26-34H2/t43-,44?/m1/s1. The Morgan fingerprint density at radius 3 is 2.00 bits per heavy atom. The molecule has 4 aromatic rings. The lowest BCUT2D eigenvalue weighted by atomic mass is 9.95. The predicted molar refractivity (Wildman–Crippen MR) is 250 cm³/mol. The summed E-state index contributed by atoms with van der Waals surface area (Å²) >= 11 is 12.7. The number of benzene rings is 4. The number of anilines is 1. The summed E-state index contributed by atoms with van der Waals surface area (Å²) in [4.78, 5) is 24.1. The number of hydrazine groups is 1. The number of hydrogen-bond acceptors (Lipinski definition) is 9. The first-order valence-electron chi connectivity index (χ1n) is 21.4. The fraction of sp³-hybridized carbons (Fsp3) is 0.413. The second-order valence-electron chi connectivity index (χ2n) is 16.3. The number of piperazine rings is 1. The number of amides is 1. The molecular formula is C46H53Cl2F2N5O5S3. The van der Waals surface area contributed by atoms with E-state index in [0.717, 1.165) is 80.9 Å². The zero-order valence-electron chi connectivity index (χ0n) is 34.9. The third-order valence-electron chi connectivity index (χ3n) is 12.1. The lowest BCUT2D eigenvalue weighted by molar-refractivity contribution is 0.0626. The number of nitrogens with zero attached hydrogens (tertiary/aromatic N) is 4. The van der Waals surface area contributed by atoms with Crippen LogP contribution >= 0.6 is 35.0 Å². The van der Waals surface area contributed by atoms with Crippen LogP contribution in [0.2, 0.25) is 5.02 Å². The van der Waals surface area contributed by atoms with E-state index in [1.807, 2.05) is 12.1 Å². The van der Waals surface area contributed by atoms with Crippen molar-refractivity contribution in [1.82, 2.24) is 19.6 Å². The van der Waals surface area contributed by atoms with Crippen LogP contribution in [0.5, 0.6) is 0 Å². The molecule has 0 aromatic heterocycles. The molecule has 2 heterocycles. The number of thioether (sulfide) groups is 1. The van der Waals surface area contributed by atoms with Crippen molar-refractivity contribution < 1.29 is 30.4 Å². The lowest BCUT2D eigenvalue weighted by Gasteiger charge is -2.38. The number of carbonyl (C=O) groups excluding carboxylic acids is 1. The smallest absolute Gasteiger partial charge is 0.369 e. The van der Waals surface area contributed by atoms with Gasteiger partial charge in [0.2, 0.25) is 9.84 Å². The first-order valence-corrected chi connectivity index (χ1v) is 26.1. The van der Waals surface area contributed by atoms with Gasteiger partial charge in [0, 0.05) is 66.2 Å². The fourth-order valence-corrected chi connectivity index (χ4v) is 12.8. The molecule has 2 atom stereocenters. The average Bonchev–Trinajstić information content (AvgIpc) is 3.70. The monoisotopic (exact) mass is 959 g/mol. The number of sulfonamides is 1. The zero-order valence-corrected chi connectivity index (χ0v) is 38.9. The minimum atomic E-state index is -5.54. The molecule has 1 amide bonds. The van der Waals surface area contributed by atoms with Gasteiger partial charge >= 0.3 is 4.71 Å². The molecule has 2 aliphatic heterocycles. The van der Waals surface area contributed by atoms with E-state index in [-0.39, 0.29) is 16.2 Å². The molecule has 1 aliphatic carbocycles. The third-order valence-corrected chi connectivity index (χ3v) is 17.3. The van der Waals surface area contributed by atoms with Gasteiger partial charge in [-0.05, 0) is 135 Å².